The zero-order valence-corrected chi connectivity index (χ0v) is 16.5. The fourth-order valence-electron chi connectivity index (χ4n) is 3.90. The summed E-state index contributed by atoms with van der Waals surface area (Å²) < 4.78 is 5.76. The van der Waals surface area contributed by atoms with E-state index in [9.17, 15) is 4.79 Å². The summed E-state index contributed by atoms with van der Waals surface area (Å²) in [4.78, 5) is 29.6. The third-order valence-electron chi connectivity index (χ3n) is 5.50. The molecular formula is C20H24ClN5O2. The van der Waals surface area contributed by atoms with E-state index in [1.54, 1.807) is 30.9 Å². The van der Waals surface area contributed by atoms with E-state index in [4.69, 9.17) is 16.3 Å². The number of hydrogen-bond acceptors (Lipinski definition) is 6. The lowest BCUT2D eigenvalue weighted by Gasteiger charge is -2.33. The average molecular weight is 402 g/mol. The van der Waals surface area contributed by atoms with E-state index in [-0.39, 0.29) is 11.8 Å². The molecule has 1 atom stereocenters. The smallest absolute Gasteiger partial charge is 0.225 e. The van der Waals surface area contributed by atoms with Crippen molar-refractivity contribution >= 4 is 23.3 Å². The summed E-state index contributed by atoms with van der Waals surface area (Å²) >= 11 is 5.84. The minimum atomic E-state index is 0.107. The molecule has 0 spiro atoms. The van der Waals surface area contributed by atoms with Crippen molar-refractivity contribution in [2.24, 2.45) is 11.8 Å². The van der Waals surface area contributed by atoms with Gasteiger partial charge in [-0.3, -0.25) is 4.79 Å². The molecule has 0 aromatic carbocycles. The van der Waals surface area contributed by atoms with Crippen LogP contribution in [0.3, 0.4) is 0 Å². The van der Waals surface area contributed by atoms with Crippen LogP contribution < -0.4 is 9.64 Å². The number of ether oxygens (including phenoxy) is 1. The van der Waals surface area contributed by atoms with E-state index in [2.05, 4.69) is 19.9 Å². The normalized spacial score (nSPS) is 20.4. The van der Waals surface area contributed by atoms with E-state index in [1.165, 1.54) is 0 Å². The Bertz CT molecular complexity index is 781. The van der Waals surface area contributed by atoms with Crippen LogP contribution in [0.25, 0.3) is 0 Å². The number of nitrogens with zero attached hydrogens (tertiary/aromatic N) is 5. The van der Waals surface area contributed by atoms with Gasteiger partial charge in [-0.2, -0.15) is 0 Å². The predicted octanol–water partition coefficient (Wildman–Crippen LogP) is 2.67. The van der Waals surface area contributed by atoms with Gasteiger partial charge in [-0.05, 0) is 31.4 Å². The summed E-state index contributed by atoms with van der Waals surface area (Å²) in [5, 5.41) is 0.593. The van der Waals surface area contributed by atoms with E-state index >= 15 is 0 Å². The minimum Gasteiger partial charge on any atom is -0.477 e. The van der Waals surface area contributed by atoms with Gasteiger partial charge >= 0.3 is 0 Å². The molecule has 4 heterocycles. The largest absolute Gasteiger partial charge is 0.477 e. The zero-order valence-electron chi connectivity index (χ0n) is 15.7. The predicted molar refractivity (Wildman–Crippen MR) is 106 cm³/mol. The highest BCUT2D eigenvalue weighted by Gasteiger charge is 2.33. The highest BCUT2D eigenvalue weighted by atomic mass is 35.5. The number of anilines is 1. The number of aromatic nitrogens is 3. The van der Waals surface area contributed by atoms with Crippen LogP contribution in [0.15, 0.2) is 36.9 Å². The van der Waals surface area contributed by atoms with Crippen molar-refractivity contribution in [1.29, 1.82) is 0 Å². The van der Waals surface area contributed by atoms with Crippen molar-refractivity contribution in [3.63, 3.8) is 0 Å². The summed E-state index contributed by atoms with van der Waals surface area (Å²) in [6, 6.07) is 5.45. The van der Waals surface area contributed by atoms with Crippen LogP contribution in [0.4, 0.5) is 5.82 Å². The first-order valence-electron chi connectivity index (χ1n) is 9.73. The average Bonchev–Trinajstić information content (AvgIpc) is 3.23. The van der Waals surface area contributed by atoms with Crippen molar-refractivity contribution < 1.29 is 9.53 Å². The van der Waals surface area contributed by atoms with Gasteiger partial charge in [0.05, 0.1) is 11.6 Å². The number of carbonyl (C=O) groups excluding carboxylic acids is 1. The summed E-state index contributed by atoms with van der Waals surface area (Å²) in [6.07, 6.45) is 7.61. The highest BCUT2D eigenvalue weighted by molar-refractivity contribution is 6.30. The molecule has 0 bridgehead atoms. The second-order valence-electron chi connectivity index (χ2n) is 7.39. The fourth-order valence-corrected chi connectivity index (χ4v) is 4.02. The Morgan fingerprint density at radius 3 is 2.71 bits per heavy atom. The monoisotopic (exact) mass is 401 g/mol. The maximum absolute atomic E-state index is 12.9. The molecule has 4 rings (SSSR count). The van der Waals surface area contributed by atoms with Crippen LogP contribution >= 0.6 is 11.6 Å². The summed E-state index contributed by atoms with van der Waals surface area (Å²) in [5.41, 5.74) is 0. The van der Waals surface area contributed by atoms with Crippen LogP contribution in [-0.2, 0) is 4.79 Å². The Morgan fingerprint density at radius 2 is 2.00 bits per heavy atom. The lowest BCUT2D eigenvalue weighted by atomic mass is 9.95. The van der Waals surface area contributed by atoms with E-state index in [0.29, 0.717) is 23.4 Å². The molecule has 2 aromatic heterocycles. The second-order valence-corrected chi connectivity index (χ2v) is 7.83. The number of likely N-dealkylation sites (tertiary alicyclic amines) is 1. The second kappa shape index (κ2) is 8.73. The van der Waals surface area contributed by atoms with Crippen LogP contribution in [0.5, 0.6) is 5.88 Å². The number of amides is 1. The summed E-state index contributed by atoms with van der Waals surface area (Å²) in [7, 11) is 0. The third-order valence-corrected chi connectivity index (χ3v) is 5.72. The number of piperidine rings is 1. The van der Waals surface area contributed by atoms with Crippen LogP contribution in [0.1, 0.15) is 19.3 Å². The first-order chi connectivity index (χ1) is 13.7. The quantitative estimate of drug-likeness (QED) is 0.767. The van der Waals surface area contributed by atoms with Gasteiger partial charge in [0.15, 0.2) is 0 Å². The molecule has 28 heavy (non-hydrogen) atoms. The number of pyridine rings is 1. The first-order valence-corrected chi connectivity index (χ1v) is 10.1. The van der Waals surface area contributed by atoms with Gasteiger partial charge in [-0.1, -0.05) is 11.6 Å². The molecule has 2 aliphatic rings. The van der Waals surface area contributed by atoms with E-state index in [0.717, 1.165) is 51.3 Å². The summed E-state index contributed by atoms with van der Waals surface area (Å²) in [6.45, 7) is 3.86. The molecule has 1 amide bonds. The van der Waals surface area contributed by atoms with Gasteiger partial charge in [-0.15, -0.1) is 0 Å². The van der Waals surface area contributed by atoms with Gasteiger partial charge in [0.25, 0.3) is 0 Å². The molecule has 1 unspecified atom stereocenters. The number of carbonyl (C=O) groups is 1. The Labute approximate surface area is 169 Å². The lowest BCUT2D eigenvalue weighted by Crippen LogP contribution is -2.42. The van der Waals surface area contributed by atoms with Crippen molar-refractivity contribution in [3.05, 3.63) is 41.9 Å². The molecule has 7 nitrogen and oxygen atoms in total. The van der Waals surface area contributed by atoms with Gasteiger partial charge in [0, 0.05) is 56.5 Å². The SMILES string of the molecule is O=C(C1CCN(c2ccncn2)CC1)N1CCC(COc2ccc(Cl)cn2)C1. The van der Waals surface area contributed by atoms with Gasteiger partial charge < -0.3 is 14.5 Å². The standard InChI is InChI=1S/C20H24ClN5O2/c21-17-1-2-19(23-11-17)28-13-15-4-8-26(12-15)20(27)16-5-9-25(10-6-16)18-3-7-22-14-24-18/h1-3,7,11,14-16H,4-6,8-10,12-13H2. The molecule has 0 saturated carbocycles. The Balaban J connectivity index is 1.23. The van der Waals surface area contributed by atoms with Crippen molar-refractivity contribution in [3.8, 4) is 5.88 Å². The molecule has 0 aliphatic carbocycles. The highest BCUT2D eigenvalue weighted by Crippen LogP contribution is 2.26. The van der Waals surface area contributed by atoms with E-state index in [1.807, 2.05) is 11.0 Å². The molecule has 2 aliphatic heterocycles. The number of hydrogen-bond donors (Lipinski definition) is 0. The molecule has 148 valence electrons. The molecular weight excluding hydrogens is 378 g/mol. The van der Waals surface area contributed by atoms with Gasteiger partial charge in [-0.25, -0.2) is 15.0 Å². The number of rotatable bonds is 5. The lowest BCUT2D eigenvalue weighted by molar-refractivity contribution is -0.135. The van der Waals surface area contributed by atoms with Gasteiger partial charge in [0.2, 0.25) is 11.8 Å². The Kier molecular flexibility index (Phi) is 5.90. The maximum atomic E-state index is 12.9. The molecule has 8 heteroatoms. The maximum Gasteiger partial charge on any atom is 0.225 e. The zero-order chi connectivity index (χ0) is 19.3. The minimum absolute atomic E-state index is 0.107. The first kappa shape index (κ1) is 18.9. The Morgan fingerprint density at radius 1 is 1.14 bits per heavy atom. The van der Waals surface area contributed by atoms with Gasteiger partial charge in [0.1, 0.15) is 12.1 Å². The number of halogens is 1. The van der Waals surface area contributed by atoms with Crippen LogP contribution in [0, 0.1) is 11.8 Å². The van der Waals surface area contributed by atoms with E-state index < -0.39 is 0 Å². The third kappa shape index (κ3) is 4.52. The topological polar surface area (TPSA) is 71.5 Å². The van der Waals surface area contributed by atoms with Crippen molar-refractivity contribution in [2.75, 3.05) is 37.7 Å². The molecule has 2 fully saturated rings. The molecule has 2 aromatic rings. The van der Waals surface area contributed by atoms with Crippen molar-refractivity contribution in [2.45, 2.75) is 19.3 Å². The molecule has 0 N–H and O–H groups in total. The van der Waals surface area contributed by atoms with Crippen molar-refractivity contribution in [1.82, 2.24) is 19.9 Å². The summed E-state index contributed by atoms with van der Waals surface area (Å²) in [5.74, 6) is 2.26. The fraction of sp³-hybridized carbons (Fsp3) is 0.500. The Hall–Kier alpha value is -2.41. The molecule has 0 radical (unpaired) electrons. The molecule has 2 saturated heterocycles. The van der Waals surface area contributed by atoms with Crippen LogP contribution in [0.2, 0.25) is 5.02 Å². The van der Waals surface area contributed by atoms with Crippen LogP contribution in [-0.4, -0.2) is 58.5 Å².